The van der Waals surface area contributed by atoms with Crippen LogP contribution in [0.3, 0.4) is 0 Å². The second-order valence-electron chi connectivity index (χ2n) is 5.69. The van der Waals surface area contributed by atoms with E-state index in [2.05, 4.69) is 5.32 Å². The topological polar surface area (TPSA) is 75.7 Å². The molecule has 1 aromatic carbocycles. The van der Waals surface area contributed by atoms with Crippen molar-refractivity contribution in [2.45, 2.75) is 17.9 Å². The lowest BCUT2D eigenvalue weighted by Crippen LogP contribution is -2.29. The number of hydrogen-bond donors (Lipinski definition) is 1. The van der Waals surface area contributed by atoms with Crippen LogP contribution in [0.15, 0.2) is 41.3 Å². The van der Waals surface area contributed by atoms with Crippen molar-refractivity contribution >= 4 is 27.3 Å². The summed E-state index contributed by atoms with van der Waals surface area (Å²) in [6.45, 7) is 2.36. The molecule has 0 aliphatic rings. The molecule has 136 valence electrons. The molecule has 2 rings (SSSR count). The van der Waals surface area contributed by atoms with Gasteiger partial charge in [-0.05, 0) is 43.3 Å². The van der Waals surface area contributed by atoms with E-state index in [0.717, 1.165) is 9.18 Å². The van der Waals surface area contributed by atoms with Crippen LogP contribution in [0.25, 0.3) is 0 Å². The maximum atomic E-state index is 12.3. The molecule has 6 nitrogen and oxygen atoms in total. The van der Waals surface area contributed by atoms with Gasteiger partial charge in [-0.25, -0.2) is 12.7 Å². The summed E-state index contributed by atoms with van der Waals surface area (Å²) in [5.41, 5.74) is 0.398. The lowest BCUT2D eigenvalue weighted by Gasteiger charge is -2.15. The number of methoxy groups -OCH3 is 1. The summed E-state index contributed by atoms with van der Waals surface area (Å²) in [7, 11) is 1.04. The number of sulfonamides is 1. The first kappa shape index (κ1) is 19.6. The van der Waals surface area contributed by atoms with Crippen LogP contribution in [0, 0.1) is 6.92 Å². The molecule has 1 atom stereocenters. The van der Waals surface area contributed by atoms with Crippen molar-refractivity contribution in [2.75, 3.05) is 27.7 Å². The van der Waals surface area contributed by atoms with Crippen LogP contribution in [0.2, 0.25) is 0 Å². The first-order valence-electron chi connectivity index (χ1n) is 7.65. The normalized spacial score (nSPS) is 13.0. The number of nitrogens with zero attached hydrogens (tertiary/aromatic N) is 1. The number of nitrogens with one attached hydrogen (secondary N) is 1. The van der Waals surface area contributed by atoms with Crippen molar-refractivity contribution in [3.8, 4) is 0 Å². The molecule has 8 heteroatoms. The smallest absolute Gasteiger partial charge is 0.251 e. The zero-order valence-corrected chi connectivity index (χ0v) is 16.3. The van der Waals surface area contributed by atoms with Gasteiger partial charge < -0.3 is 10.1 Å². The van der Waals surface area contributed by atoms with Crippen molar-refractivity contribution in [3.05, 3.63) is 51.7 Å². The third kappa shape index (κ3) is 4.66. The third-order valence-corrected chi connectivity index (χ3v) is 6.63. The van der Waals surface area contributed by atoms with E-state index < -0.39 is 10.0 Å². The minimum Gasteiger partial charge on any atom is -0.374 e. The van der Waals surface area contributed by atoms with Gasteiger partial charge in [0, 0.05) is 43.1 Å². The number of benzene rings is 1. The molecule has 1 amide bonds. The second kappa shape index (κ2) is 8.09. The summed E-state index contributed by atoms with van der Waals surface area (Å²) in [6, 6.07) is 9.87. The fourth-order valence-electron chi connectivity index (χ4n) is 2.20. The molecule has 2 aromatic rings. The fraction of sp³-hybridized carbons (Fsp3) is 0.353. The molecule has 25 heavy (non-hydrogen) atoms. The molecule has 0 aliphatic carbocycles. The second-order valence-corrected chi connectivity index (χ2v) is 9.17. The van der Waals surface area contributed by atoms with Gasteiger partial charge in [0.15, 0.2) is 0 Å². The largest absolute Gasteiger partial charge is 0.374 e. The Morgan fingerprint density at radius 1 is 1.20 bits per heavy atom. The highest BCUT2D eigenvalue weighted by Crippen LogP contribution is 2.24. The van der Waals surface area contributed by atoms with Crippen molar-refractivity contribution in [1.82, 2.24) is 9.62 Å². The monoisotopic (exact) mass is 382 g/mol. The minimum absolute atomic E-state index is 0.151. The molecule has 0 radical (unpaired) electrons. The molecule has 0 unspecified atom stereocenters. The Bertz CT molecular complexity index is 827. The van der Waals surface area contributed by atoms with Gasteiger partial charge >= 0.3 is 0 Å². The number of rotatable bonds is 7. The van der Waals surface area contributed by atoms with Gasteiger partial charge in [0.1, 0.15) is 6.10 Å². The summed E-state index contributed by atoms with van der Waals surface area (Å²) in [5.74, 6) is -0.274. The highest BCUT2D eigenvalue weighted by Gasteiger charge is 2.18. The molecule has 0 bridgehead atoms. The predicted molar refractivity (Wildman–Crippen MR) is 98.5 cm³/mol. The van der Waals surface area contributed by atoms with Crippen LogP contribution in [-0.2, 0) is 14.8 Å². The van der Waals surface area contributed by atoms with Crippen LogP contribution in [0.1, 0.15) is 26.2 Å². The molecule has 0 saturated carbocycles. The number of hydrogen-bond acceptors (Lipinski definition) is 5. The molecule has 0 saturated heterocycles. The zero-order chi connectivity index (χ0) is 18.6. The minimum atomic E-state index is -3.50. The summed E-state index contributed by atoms with van der Waals surface area (Å²) in [5, 5.41) is 2.82. The Hall–Kier alpha value is -1.74. The third-order valence-electron chi connectivity index (χ3n) is 3.71. The molecule has 1 N–H and O–H groups in total. The van der Waals surface area contributed by atoms with Gasteiger partial charge in [-0.3, -0.25) is 4.79 Å². The molecular formula is C17H22N2O4S2. The van der Waals surface area contributed by atoms with Crippen LogP contribution >= 0.6 is 11.3 Å². The highest BCUT2D eigenvalue weighted by molar-refractivity contribution is 7.89. The van der Waals surface area contributed by atoms with Crippen LogP contribution in [0.5, 0.6) is 0 Å². The van der Waals surface area contributed by atoms with Gasteiger partial charge in [-0.15, -0.1) is 11.3 Å². The maximum Gasteiger partial charge on any atom is 0.251 e. The van der Waals surface area contributed by atoms with E-state index in [1.807, 2.05) is 19.1 Å². The number of carbonyl (C=O) groups is 1. The van der Waals surface area contributed by atoms with Gasteiger partial charge in [-0.2, -0.15) is 0 Å². The Morgan fingerprint density at radius 3 is 2.32 bits per heavy atom. The summed E-state index contributed by atoms with van der Waals surface area (Å²) in [4.78, 5) is 14.7. The first-order valence-corrected chi connectivity index (χ1v) is 9.91. The van der Waals surface area contributed by atoms with E-state index >= 15 is 0 Å². The van der Waals surface area contributed by atoms with Gasteiger partial charge in [0.05, 0.1) is 4.90 Å². The predicted octanol–water partition coefficient (Wildman–Crippen LogP) is 2.42. The number of thiophene rings is 1. The van der Waals surface area contributed by atoms with Crippen LogP contribution in [0.4, 0.5) is 0 Å². The van der Waals surface area contributed by atoms with Crippen LogP contribution < -0.4 is 5.32 Å². The SMILES string of the molecule is CO[C@H](CNC(=O)c1ccc(S(=O)(=O)N(C)C)cc1)c1ccc(C)s1. The Kier molecular flexibility index (Phi) is 6.34. The van der Waals surface area contributed by atoms with Crippen LogP contribution in [-0.4, -0.2) is 46.4 Å². The standard InChI is InChI=1S/C17H22N2O4S2/c1-12-5-10-16(24-12)15(23-4)11-18-17(20)13-6-8-14(9-7-13)25(21,22)19(2)3/h5-10,15H,11H2,1-4H3,(H,18,20)/t15-/m1/s1. The molecule has 0 fully saturated rings. The Labute approximate surface area is 152 Å². The van der Waals surface area contributed by atoms with E-state index in [-0.39, 0.29) is 16.9 Å². The average Bonchev–Trinajstić information content (AvgIpc) is 3.01. The van der Waals surface area contributed by atoms with Gasteiger partial charge in [0.2, 0.25) is 10.0 Å². The number of ether oxygens (including phenoxy) is 1. The van der Waals surface area contributed by atoms with Crippen molar-refractivity contribution in [1.29, 1.82) is 0 Å². The van der Waals surface area contributed by atoms with E-state index in [0.29, 0.717) is 12.1 Å². The fourth-order valence-corrected chi connectivity index (χ4v) is 4.06. The lowest BCUT2D eigenvalue weighted by molar-refractivity contribution is 0.0837. The molecule has 0 spiro atoms. The Balaban J connectivity index is 2.03. The quantitative estimate of drug-likeness (QED) is 0.798. The summed E-state index contributed by atoms with van der Waals surface area (Å²) in [6.07, 6.45) is -0.212. The average molecular weight is 383 g/mol. The summed E-state index contributed by atoms with van der Waals surface area (Å²) < 4.78 is 30.6. The van der Waals surface area contributed by atoms with E-state index in [1.54, 1.807) is 18.4 Å². The Morgan fingerprint density at radius 2 is 1.84 bits per heavy atom. The molecule has 1 aromatic heterocycles. The maximum absolute atomic E-state index is 12.3. The van der Waals surface area contributed by atoms with Gasteiger partial charge in [0.25, 0.3) is 5.91 Å². The number of amides is 1. The number of aryl methyl sites for hydroxylation is 1. The van der Waals surface area contributed by atoms with E-state index in [4.69, 9.17) is 4.74 Å². The summed E-state index contributed by atoms with van der Waals surface area (Å²) >= 11 is 1.63. The van der Waals surface area contributed by atoms with E-state index in [9.17, 15) is 13.2 Å². The van der Waals surface area contributed by atoms with E-state index in [1.165, 1.54) is 43.2 Å². The molecule has 0 aliphatic heterocycles. The van der Waals surface area contributed by atoms with Gasteiger partial charge in [-0.1, -0.05) is 0 Å². The zero-order valence-electron chi connectivity index (χ0n) is 14.6. The number of carbonyl (C=O) groups excluding carboxylic acids is 1. The highest BCUT2D eigenvalue weighted by atomic mass is 32.2. The van der Waals surface area contributed by atoms with Crippen molar-refractivity contribution in [3.63, 3.8) is 0 Å². The van der Waals surface area contributed by atoms with Crippen molar-refractivity contribution in [2.24, 2.45) is 0 Å². The first-order chi connectivity index (χ1) is 11.8. The van der Waals surface area contributed by atoms with Crippen molar-refractivity contribution < 1.29 is 17.9 Å². The molecule has 1 heterocycles. The molecular weight excluding hydrogens is 360 g/mol. The lowest BCUT2D eigenvalue weighted by atomic mass is 10.2.